The van der Waals surface area contributed by atoms with Crippen LogP contribution in [0.3, 0.4) is 0 Å². The van der Waals surface area contributed by atoms with Gasteiger partial charge in [-0.15, -0.1) is 0 Å². The van der Waals surface area contributed by atoms with Crippen LogP contribution in [0.15, 0.2) is 23.2 Å². The largest absolute Gasteiger partial charge is 0.490 e. The Morgan fingerprint density at radius 2 is 1.93 bits per heavy atom. The van der Waals surface area contributed by atoms with E-state index in [-0.39, 0.29) is 18.0 Å². The standard InChI is InChI=1S/C22H36N4O4/c1-5-28-12-7-6-11-23-21(24-16-20(27)26-22(2,3)4)25-17-9-10-18-19(15-17)30-14-8-13-29-18/h9-10,15H,5-8,11-14,16H2,1-4H3,(H,26,27)(H2,23,24,25). The van der Waals surface area contributed by atoms with E-state index in [0.29, 0.717) is 24.9 Å². The van der Waals surface area contributed by atoms with Crippen molar-refractivity contribution in [1.29, 1.82) is 0 Å². The number of anilines is 1. The number of rotatable bonds is 9. The molecule has 0 radical (unpaired) electrons. The predicted molar refractivity (Wildman–Crippen MR) is 120 cm³/mol. The molecule has 0 unspecified atom stereocenters. The molecule has 0 saturated carbocycles. The molecule has 1 aliphatic heterocycles. The summed E-state index contributed by atoms with van der Waals surface area (Å²) >= 11 is 0. The second kappa shape index (κ2) is 12.3. The number of guanidine groups is 1. The van der Waals surface area contributed by atoms with Crippen LogP contribution in [0.25, 0.3) is 0 Å². The van der Waals surface area contributed by atoms with Crippen molar-refractivity contribution in [2.45, 2.75) is 52.5 Å². The van der Waals surface area contributed by atoms with E-state index in [2.05, 4.69) is 20.9 Å². The molecule has 0 fully saturated rings. The molecule has 1 amide bonds. The second-order valence-corrected chi connectivity index (χ2v) is 8.13. The zero-order valence-corrected chi connectivity index (χ0v) is 18.7. The van der Waals surface area contributed by atoms with Crippen LogP contribution in [0.4, 0.5) is 5.69 Å². The van der Waals surface area contributed by atoms with Crippen molar-refractivity contribution in [3.05, 3.63) is 18.2 Å². The molecule has 30 heavy (non-hydrogen) atoms. The van der Waals surface area contributed by atoms with Gasteiger partial charge in [0.2, 0.25) is 5.91 Å². The van der Waals surface area contributed by atoms with Crippen LogP contribution < -0.4 is 25.4 Å². The molecule has 0 saturated heterocycles. The van der Waals surface area contributed by atoms with Crippen molar-refractivity contribution in [2.75, 3.05) is 44.8 Å². The van der Waals surface area contributed by atoms with Gasteiger partial charge in [0.05, 0.1) is 13.2 Å². The molecule has 1 heterocycles. The smallest absolute Gasteiger partial charge is 0.242 e. The molecule has 2 rings (SSSR count). The zero-order chi connectivity index (χ0) is 21.8. The zero-order valence-electron chi connectivity index (χ0n) is 18.7. The minimum absolute atomic E-state index is 0.0378. The molecule has 0 aliphatic carbocycles. The number of carbonyl (C=O) groups is 1. The highest BCUT2D eigenvalue weighted by Crippen LogP contribution is 2.32. The minimum Gasteiger partial charge on any atom is -0.490 e. The monoisotopic (exact) mass is 420 g/mol. The van der Waals surface area contributed by atoms with Gasteiger partial charge in [0.25, 0.3) is 0 Å². The molecule has 168 valence electrons. The van der Waals surface area contributed by atoms with Gasteiger partial charge in [-0.3, -0.25) is 4.79 Å². The van der Waals surface area contributed by atoms with Gasteiger partial charge in [0.1, 0.15) is 6.54 Å². The molecule has 1 aliphatic rings. The third-order valence-electron chi connectivity index (χ3n) is 4.12. The van der Waals surface area contributed by atoms with Crippen molar-refractivity contribution in [3.8, 4) is 11.5 Å². The Morgan fingerprint density at radius 3 is 2.67 bits per heavy atom. The first-order valence-electron chi connectivity index (χ1n) is 10.7. The van der Waals surface area contributed by atoms with Gasteiger partial charge in [-0.2, -0.15) is 0 Å². The number of unbranched alkanes of at least 4 members (excludes halogenated alkanes) is 1. The van der Waals surface area contributed by atoms with E-state index < -0.39 is 0 Å². The van der Waals surface area contributed by atoms with Gasteiger partial charge in [-0.25, -0.2) is 4.99 Å². The molecule has 3 N–H and O–H groups in total. The summed E-state index contributed by atoms with van der Waals surface area (Å²) in [7, 11) is 0. The third kappa shape index (κ3) is 9.35. The van der Waals surface area contributed by atoms with Crippen molar-refractivity contribution < 1.29 is 19.0 Å². The topological polar surface area (TPSA) is 93.2 Å². The molecular weight excluding hydrogens is 384 g/mol. The maximum absolute atomic E-state index is 12.2. The average Bonchev–Trinajstić information content (AvgIpc) is 2.92. The first-order valence-corrected chi connectivity index (χ1v) is 10.7. The lowest BCUT2D eigenvalue weighted by Gasteiger charge is -2.20. The lowest BCUT2D eigenvalue weighted by atomic mass is 10.1. The molecule has 8 nitrogen and oxygen atoms in total. The normalized spacial score (nSPS) is 14.1. The molecule has 1 aromatic rings. The SMILES string of the molecule is CCOCCCCNC(=NCC(=O)NC(C)(C)C)Nc1ccc2c(c1)OCCCO2. The van der Waals surface area contributed by atoms with Crippen LogP contribution in [-0.4, -0.2) is 56.9 Å². The summed E-state index contributed by atoms with van der Waals surface area (Å²) in [6.45, 7) is 11.3. The molecule has 0 atom stereocenters. The molecule has 8 heteroatoms. The maximum atomic E-state index is 12.2. The molecular formula is C22H36N4O4. The van der Waals surface area contributed by atoms with Gasteiger partial charge in [-0.05, 0) is 52.7 Å². The molecule has 1 aromatic carbocycles. The summed E-state index contributed by atoms with van der Waals surface area (Å²) in [5.74, 6) is 1.87. The van der Waals surface area contributed by atoms with E-state index in [1.165, 1.54) is 0 Å². The van der Waals surface area contributed by atoms with Crippen molar-refractivity contribution in [3.63, 3.8) is 0 Å². The number of nitrogens with one attached hydrogen (secondary N) is 3. The van der Waals surface area contributed by atoms with Gasteiger partial charge >= 0.3 is 0 Å². The fourth-order valence-corrected chi connectivity index (χ4v) is 2.81. The van der Waals surface area contributed by atoms with Crippen LogP contribution in [0.2, 0.25) is 0 Å². The molecule has 0 bridgehead atoms. The number of benzene rings is 1. The fraction of sp³-hybridized carbons (Fsp3) is 0.636. The Labute approximate surface area is 179 Å². The Morgan fingerprint density at radius 1 is 1.17 bits per heavy atom. The number of aliphatic imine (C=N–C) groups is 1. The number of ether oxygens (including phenoxy) is 3. The van der Waals surface area contributed by atoms with Crippen LogP contribution in [0, 0.1) is 0 Å². The number of hydrogen-bond donors (Lipinski definition) is 3. The quantitative estimate of drug-likeness (QED) is 0.323. The highest BCUT2D eigenvalue weighted by Gasteiger charge is 2.14. The first kappa shape index (κ1) is 23.8. The average molecular weight is 421 g/mol. The Hall–Kier alpha value is -2.48. The van der Waals surface area contributed by atoms with Gasteiger partial charge in [-0.1, -0.05) is 0 Å². The van der Waals surface area contributed by atoms with Crippen molar-refractivity contribution in [2.24, 2.45) is 4.99 Å². The maximum Gasteiger partial charge on any atom is 0.242 e. The van der Waals surface area contributed by atoms with Gasteiger partial charge < -0.3 is 30.2 Å². The van der Waals surface area contributed by atoms with Crippen LogP contribution in [-0.2, 0) is 9.53 Å². The Balaban J connectivity index is 1.99. The number of hydrogen-bond acceptors (Lipinski definition) is 5. The molecule has 0 spiro atoms. The summed E-state index contributed by atoms with van der Waals surface area (Å²) in [6.07, 6.45) is 2.76. The van der Waals surface area contributed by atoms with E-state index in [4.69, 9.17) is 14.2 Å². The summed E-state index contributed by atoms with van der Waals surface area (Å²) in [4.78, 5) is 16.6. The first-order chi connectivity index (χ1) is 14.4. The van der Waals surface area contributed by atoms with Gasteiger partial charge in [0.15, 0.2) is 17.5 Å². The van der Waals surface area contributed by atoms with E-state index >= 15 is 0 Å². The second-order valence-electron chi connectivity index (χ2n) is 8.13. The number of fused-ring (bicyclic) bond motifs is 1. The fourth-order valence-electron chi connectivity index (χ4n) is 2.81. The predicted octanol–water partition coefficient (Wildman–Crippen LogP) is 2.94. The number of amides is 1. The summed E-state index contributed by atoms with van der Waals surface area (Å²) in [6, 6.07) is 5.69. The number of carbonyl (C=O) groups excluding carboxylic acids is 1. The van der Waals surface area contributed by atoms with Crippen molar-refractivity contribution >= 4 is 17.6 Å². The van der Waals surface area contributed by atoms with Gasteiger partial charge in [0, 0.05) is 43.5 Å². The van der Waals surface area contributed by atoms with Crippen molar-refractivity contribution in [1.82, 2.24) is 10.6 Å². The summed E-state index contributed by atoms with van der Waals surface area (Å²) in [5, 5.41) is 9.47. The minimum atomic E-state index is -0.290. The third-order valence-corrected chi connectivity index (χ3v) is 4.12. The highest BCUT2D eigenvalue weighted by molar-refractivity contribution is 5.95. The number of nitrogens with zero attached hydrogens (tertiary/aromatic N) is 1. The Kier molecular flexibility index (Phi) is 9.73. The summed E-state index contributed by atoms with van der Waals surface area (Å²) in [5.41, 5.74) is 0.525. The van der Waals surface area contributed by atoms with E-state index in [0.717, 1.165) is 50.5 Å². The molecule has 0 aromatic heterocycles. The van der Waals surface area contributed by atoms with Crippen LogP contribution in [0.1, 0.15) is 47.0 Å². The van der Waals surface area contributed by atoms with Crippen LogP contribution in [0.5, 0.6) is 11.5 Å². The summed E-state index contributed by atoms with van der Waals surface area (Å²) < 4.78 is 16.8. The van der Waals surface area contributed by atoms with E-state index in [1.807, 2.05) is 45.9 Å². The highest BCUT2D eigenvalue weighted by atomic mass is 16.5. The van der Waals surface area contributed by atoms with E-state index in [9.17, 15) is 4.79 Å². The van der Waals surface area contributed by atoms with E-state index in [1.54, 1.807) is 0 Å². The lowest BCUT2D eigenvalue weighted by Crippen LogP contribution is -2.42. The lowest BCUT2D eigenvalue weighted by molar-refractivity contribution is -0.121. The Bertz CT molecular complexity index is 701. The van der Waals surface area contributed by atoms with Crippen LogP contribution >= 0.6 is 0 Å².